The van der Waals surface area contributed by atoms with Crippen molar-refractivity contribution in [3.05, 3.63) is 63.2 Å². The van der Waals surface area contributed by atoms with Crippen LogP contribution in [0.1, 0.15) is 42.3 Å². The molecule has 4 heterocycles. The van der Waals surface area contributed by atoms with Crippen LogP contribution in [0.25, 0.3) is 5.65 Å². The monoisotopic (exact) mass is 378 g/mol. The summed E-state index contributed by atoms with van der Waals surface area (Å²) >= 11 is 0. The quantitative estimate of drug-likeness (QED) is 0.758. The highest BCUT2D eigenvalue weighted by molar-refractivity contribution is 5.42. The number of aryl methyl sites for hydroxylation is 1. The fourth-order valence-electron chi connectivity index (χ4n) is 4.84. The second kappa shape index (κ2) is 6.78. The summed E-state index contributed by atoms with van der Waals surface area (Å²) in [4.78, 5) is 20.5. The van der Waals surface area contributed by atoms with Crippen molar-refractivity contribution >= 4 is 5.65 Å². The molecule has 0 saturated carbocycles. The van der Waals surface area contributed by atoms with Crippen LogP contribution >= 0.6 is 0 Å². The van der Waals surface area contributed by atoms with E-state index in [1.807, 2.05) is 32.0 Å². The molecule has 1 aromatic carbocycles. The lowest BCUT2D eigenvalue weighted by Crippen LogP contribution is -2.36. The fourth-order valence-corrected chi connectivity index (χ4v) is 4.84. The third-order valence-corrected chi connectivity index (χ3v) is 6.16. The number of ether oxygens (including phenoxy) is 1. The number of benzene rings is 1. The third kappa shape index (κ3) is 2.92. The van der Waals surface area contributed by atoms with E-state index in [9.17, 15) is 4.79 Å². The molecule has 2 aliphatic rings. The Hall–Kier alpha value is -2.60. The van der Waals surface area contributed by atoms with Gasteiger partial charge < -0.3 is 4.74 Å². The summed E-state index contributed by atoms with van der Waals surface area (Å²) in [6.07, 6.45) is 3.97. The van der Waals surface area contributed by atoms with Crippen LogP contribution in [0.2, 0.25) is 0 Å². The second-order valence-electron chi connectivity index (χ2n) is 8.02. The van der Waals surface area contributed by atoms with Crippen molar-refractivity contribution in [1.82, 2.24) is 19.5 Å². The third-order valence-electron chi connectivity index (χ3n) is 6.16. The molecule has 6 heteroatoms. The average molecular weight is 378 g/mol. The molecular weight excluding hydrogens is 352 g/mol. The Labute approximate surface area is 164 Å². The van der Waals surface area contributed by atoms with Gasteiger partial charge in [-0.3, -0.25) is 14.8 Å². The van der Waals surface area contributed by atoms with Crippen LogP contribution in [0.3, 0.4) is 0 Å². The van der Waals surface area contributed by atoms with Crippen molar-refractivity contribution in [3.8, 4) is 5.75 Å². The number of hydrogen-bond donors (Lipinski definition) is 1. The first-order valence-corrected chi connectivity index (χ1v) is 10.2. The minimum Gasteiger partial charge on any atom is -0.494 e. The maximum Gasteiger partial charge on any atom is 0.276 e. The molecule has 3 aromatic rings. The molecule has 1 N–H and O–H groups in total. The average Bonchev–Trinajstić information content (AvgIpc) is 3.18. The number of nitrogens with zero attached hydrogens (tertiary/aromatic N) is 3. The van der Waals surface area contributed by atoms with E-state index in [1.54, 1.807) is 4.52 Å². The van der Waals surface area contributed by atoms with Crippen molar-refractivity contribution < 1.29 is 4.74 Å². The summed E-state index contributed by atoms with van der Waals surface area (Å²) in [5.74, 6) is 0.917. The van der Waals surface area contributed by atoms with Gasteiger partial charge in [-0.1, -0.05) is 12.1 Å². The van der Waals surface area contributed by atoms with Gasteiger partial charge in [-0.05, 0) is 50.8 Å². The maximum atomic E-state index is 13.0. The van der Waals surface area contributed by atoms with Crippen molar-refractivity contribution in [2.45, 2.75) is 58.2 Å². The number of fused-ring (bicyclic) bond motifs is 4. The first-order valence-electron chi connectivity index (χ1n) is 10.2. The van der Waals surface area contributed by atoms with Crippen molar-refractivity contribution in [1.29, 1.82) is 0 Å². The van der Waals surface area contributed by atoms with Crippen LogP contribution in [0, 0.1) is 6.92 Å². The Bertz CT molecular complexity index is 1070. The van der Waals surface area contributed by atoms with E-state index in [4.69, 9.17) is 9.72 Å². The van der Waals surface area contributed by atoms with Gasteiger partial charge in [-0.25, -0.2) is 9.50 Å². The van der Waals surface area contributed by atoms with Gasteiger partial charge in [0.25, 0.3) is 5.56 Å². The zero-order valence-corrected chi connectivity index (χ0v) is 16.4. The van der Waals surface area contributed by atoms with Crippen molar-refractivity contribution in [3.63, 3.8) is 0 Å². The Kier molecular flexibility index (Phi) is 4.23. The number of aromatic nitrogens is 3. The van der Waals surface area contributed by atoms with Crippen LogP contribution < -0.4 is 10.3 Å². The van der Waals surface area contributed by atoms with E-state index in [0.717, 1.165) is 54.2 Å². The molecule has 2 bridgehead atoms. The largest absolute Gasteiger partial charge is 0.494 e. The van der Waals surface area contributed by atoms with Gasteiger partial charge in [0.1, 0.15) is 5.75 Å². The zero-order chi connectivity index (χ0) is 19.3. The second-order valence-corrected chi connectivity index (χ2v) is 8.02. The summed E-state index contributed by atoms with van der Waals surface area (Å²) in [5, 5.41) is 3.12. The van der Waals surface area contributed by atoms with Gasteiger partial charge in [0.2, 0.25) is 0 Å². The van der Waals surface area contributed by atoms with E-state index in [2.05, 4.69) is 22.1 Å². The highest BCUT2D eigenvalue weighted by atomic mass is 16.5. The molecule has 6 nitrogen and oxygen atoms in total. The number of nitrogens with one attached hydrogen (secondary N) is 1. The smallest absolute Gasteiger partial charge is 0.276 e. The topological polar surface area (TPSA) is 62.6 Å². The molecule has 2 aromatic heterocycles. The molecule has 2 atom stereocenters. The molecule has 28 heavy (non-hydrogen) atoms. The standard InChI is InChI=1S/C22H26N4O2/c1-3-28-18-8-4-15(5-9-18)13-25-16-6-7-17(25)12-20-19(11-16)22(27)26-21(23-20)10-14(2)24-26/h4-5,8-10,16-17,24H,3,6-7,11-13H2,1-2H3/t16-,17+/m0/s1. The van der Waals surface area contributed by atoms with Crippen LogP contribution in [-0.2, 0) is 19.4 Å². The van der Waals surface area contributed by atoms with E-state index < -0.39 is 0 Å². The molecule has 0 radical (unpaired) electrons. The molecule has 1 fully saturated rings. The molecule has 5 rings (SSSR count). The molecule has 146 valence electrons. The summed E-state index contributed by atoms with van der Waals surface area (Å²) in [6, 6.07) is 11.2. The summed E-state index contributed by atoms with van der Waals surface area (Å²) < 4.78 is 7.16. The molecule has 0 amide bonds. The highest BCUT2D eigenvalue weighted by Crippen LogP contribution is 2.34. The van der Waals surface area contributed by atoms with Gasteiger partial charge >= 0.3 is 0 Å². The van der Waals surface area contributed by atoms with E-state index in [0.29, 0.717) is 18.7 Å². The van der Waals surface area contributed by atoms with Gasteiger partial charge in [-0.2, -0.15) is 0 Å². The first-order chi connectivity index (χ1) is 13.6. The lowest BCUT2D eigenvalue weighted by Gasteiger charge is -2.27. The Morgan fingerprint density at radius 1 is 1.18 bits per heavy atom. The summed E-state index contributed by atoms with van der Waals surface area (Å²) in [6.45, 7) is 5.55. The molecule has 2 aliphatic heterocycles. The summed E-state index contributed by atoms with van der Waals surface area (Å²) in [7, 11) is 0. The van der Waals surface area contributed by atoms with Crippen LogP contribution in [0.15, 0.2) is 35.1 Å². The first kappa shape index (κ1) is 17.5. The summed E-state index contributed by atoms with van der Waals surface area (Å²) in [5.41, 5.74) is 4.94. The van der Waals surface area contributed by atoms with E-state index >= 15 is 0 Å². The van der Waals surface area contributed by atoms with Gasteiger partial charge in [-0.15, -0.1) is 0 Å². The predicted octanol–water partition coefficient (Wildman–Crippen LogP) is 2.86. The molecular formula is C22H26N4O2. The Morgan fingerprint density at radius 2 is 1.93 bits per heavy atom. The van der Waals surface area contributed by atoms with Gasteiger partial charge in [0.15, 0.2) is 5.65 Å². The lowest BCUT2D eigenvalue weighted by atomic mass is 9.98. The van der Waals surface area contributed by atoms with Crippen LogP contribution in [0.5, 0.6) is 5.75 Å². The predicted molar refractivity (Wildman–Crippen MR) is 108 cm³/mol. The van der Waals surface area contributed by atoms with E-state index in [1.165, 1.54) is 12.0 Å². The Balaban J connectivity index is 1.44. The lowest BCUT2D eigenvalue weighted by molar-refractivity contribution is 0.187. The maximum absolute atomic E-state index is 13.0. The highest BCUT2D eigenvalue weighted by Gasteiger charge is 2.38. The van der Waals surface area contributed by atoms with Gasteiger partial charge in [0, 0.05) is 42.4 Å². The van der Waals surface area contributed by atoms with Crippen LogP contribution in [0.4, 0.5) is 0 Å². The fraction of sp³-hybridized carbons (Fsp3) is 0.455. The molecule has 1 saturated heterocycles. The zero-order valence-electron chi connectivity index (χ0n) is 16.4. The number of H-pyrrole nitrogens is 1. The molecule has 0 spiro atoms. The van der Waals surface area contributed by atoms with Crippen molar-refractivity contribution in [2.75, 3.05) is 6.61 Å². The van der Waals surface area contributed by atoms with Gasteiger partial charge in [0.05, 0.1) is 12.3 Å². The number of hydrogen-bond acceptors (Lipinski definition) is 4. The Morgan fingerprint density at radius 3 is 2.68 bits per heavy atom. The molecule has 0 unspecified atom stereocenters. The minimum atomic E-state index is 0.0710. The SMILES string of the molecule is CCOc1ccc(CN2[C@@H]3CC[C@H]2Cc2c(nc4cc(C)[nH]n4c2=O)C3)cc1. The number of rotatable bonds is 4. The van der Waals surface area contributed by atoms with Crippen LogP contribution in [-0.4, -0.2) is 38.2 Å². The van der Waals surface area contributed by atoms with Crippen molar-refractivity contribution in [2.24, 2.45) is 0 Å². The normalized spacial score (nSPS) is 21.6. The van der Waals surface area contributed by atoms with E-state index in [-0.39, 0.29) is 5.56 Å². The minimum absolute atomic E-state index is 0.0710. The molecule has 0 aliphatic carbocycles. The number of aromatic amines is 1.